The minimum Gasteiger partial charge on any atom is -0.370 e. The van der Waals surface area contributed by atoms with Crippen molar-refractivity contribution in [1.29, 1.82) is 0 Å². The van der Waals surface area contributed by atoms with Gasteiger partial charge < -0.3 is 11.1 Å². The van der Waals surface area contributed by atoms with Gasteiger partial charge >= 0.3 is 0 Å². The normalized spacial score (nSPS) is 9.30. The fourth-order valence-electron chi connectivity index (χ4n) is 0.436. The number of rotatable bonds is 5. The summed E-state index contributed by atoms with van der Waals surface area (Å²) < 4.78 is 0. The molecule has 0 fully saturated rings. The maximum Gasteiger partial charge on any atom is 0.218 e. The minimum absolute atomic E-state index is 0.312. The maximum atomic E-state index is 10.2. The molecule has 0 rings (SSSR count). The summed E-state index contributed by atoms with van der Waals surface area (Å²) in [6.07, 6.45) is 0.337. The minimum atomic E-state index is -0.312. The lowest BCUT2D eigenvalue weighted by Crippen LogP contribution is -2.22. The average Bonchev–Trinajstić information content (AvgIpc) is 1.79. The van der Waals surface area contributed by atoms with Crippen molar-refractivity contribution in [1.82, 2.24) is 5.32 Å². The lowest BCUT2D eigenvalue weighted by molar-refractivity contribution is -0.117. The van der Waals surface area contributed by atoms with Crippen LogP contribution in [0.5, 0.6) is 0 Å². The van der Waals surface area contributed by atoms with E-state index in [0.29, 0.717) is 24.5 Å². The van der Waals surface area contributed by atoms with Gasteiger partial charge in [0, 0.05) is 24.5 Å². The molecule has 0 aliphatic heterocycles. The van der Waals surface area contributed by atoms with E-state index in [1.54, 1.807) is 0 Å². The van der Waals surface area contributed by atoms with Gasteiger partial charge in [0.2, 0.25) is 5.91 Å². The van der Waals surface area contributed by atoms with Crippen molar-refractivity contribution >= 4 is 17.5 Å². The van der Waals surface area contributed by atoms with Crippen molar-refractivity contribution in [2.75, 3.05) is 13.1 Å². The second-order valence-electron chi connectivity index (χ2n) is 1.91. The largest absolute Gasteiger partial charge is 0.370 e. The number of nitrogens with two attached hydrogens (primary N) is 1. The van der Waals surface area contributed by atoms with Gasteiger partial charge in [0.15, 0.2) is 0 Å². The number of amides is 1. The molecule has 3 N–H and O–H groups in total. The van der Waals surface area contributed by atoms with Gasteiger partial charge in [-0.1, -0.05) is 18.2 Å². The Morgan fingerprint density at radius 3 is 2.70 bits per heavy atom. The van der Waals surface area contributed by atoms with Crippen molar-refractivity contribution in [2.24, 2.45) is 5.73 Å². The number of carbonyl (C=O) groups excluding carboxylic acids is 1. The molecule has 0 radical (unpaired) electrons. The second-order valence-corrected chi connectivity index (χ2v) is 2.44. The van der Waals surface area contributed by atoms with Crippen LogP contribution in [0.2, 0.25) is 0 Å². The molecule has 1 amide bonds. The number of carbonyl (C=O) groups is 1. The van der Waals surface area contributed by atoms with Gasteiger partial charge in [0.25, 0.3) is 0 Å². The molecule has 0 atom stereocenters. The second kappa shape index (κ2) is 5.26. The number of hydrogen-bond donors (Lipinski definition) is 2. The quantitative estimate of drug-likeness (QED) is 0.568. The SMILES string of the molecule is C=C(Cl)CNCCC(N)=O. The van der Waals surface area contributed by atoms with Gasteiger partial charge in [-0.05, 0) is 0 Å². The Bertz CT molecular complexity index is 120. The van der Waals surface area contributed by atoms with Gasteiger partial charge in [0.1, 0.15) is 0 Å². The molecular weight excluding hydrogens is 152 g/mol. The fraction of sp³-hybridized carbons (Fsp3) is 0.500. The first-order valence-corrected chi connectivity index (χ1v) is 3.33. The van der Waals surface area contributed by atoms with E-state index >= 15 is 0 Å². The fourth-order valence-corrected chi connectivity index (χ4v) is 0.530. The van der Waals surface area contributed by atoms with Crippen molar-refractivity contribution in [2.45, 2.75) is 6.42 Å². The van der Waals surface area contributed by atoms with Crippen LogP contribution in [0.4, 0.5) is 0 Å². The predicted octanol–water partition coefficient (Wildman–Crippen LogP) is 0.204. The molecule has 0 bridgehead atoms. The molecule has 4 heteroatoms. The van der Waals surface area contributed by atoms with Crippen LogP contribution >= 0.6 is 11.6 Å². The first kappa shape index (κ1) is 9.46. The Morgan fingerprint density at radius 1 is 1.70 bits per heavy atom. The standard InChI is InChI=1S/C6H11ClN2O/c1-5(7)4-9-3-2-6(8)10/h9H,1-4H2,(H2,8,10). The van der Waals surface area contributed by atoms with E-state index < -0.39 is 0 Å². The summed E-state index contributed by atoms with van der Waals surface area (Å²) in [5.41, 5.74) is 4.87. The number of hydrogen-bond acceptors (Lipinski definition) is 2. The van der Waals surface area contributed by atoms with Crippen LogP contribution in [-0.4, -0.2) is 19.0 Å². The first-order valence-electron chi connectivity index (χ1n) is 2.95. The molecule has 0 aliphatic rings. The van der Waals surface area contributed by atoms with Crippen molar-refractivity contribution < 1.29 is 4.79 Å². The number of primary amides is 1. The molecule has 0 heterocycles. The number of nitrogens with one attached hydrogen (secondary N) is 1. The predicted molar refractivity (Wildman–Crippen MR) is 41.7 cm³/mol. The molecule has 0 aliphatic carbocycles. The van der Waals surface area contributed by atoms with Crippen LogP contribution in [-0.2, 0) is 4.79 Å². The highest BCUT2D eigenvalue weighted by Crippen LogP contribution is 1.91. The van der Waals surface area contributed by atoms with E-state index in [2.05, 4.69) is 11.9 Å². The van der Waals surface area contributed by atoms with Crippen LogP contribution in [0, 0.1) is 0 Å². The van der Waals surface area contributed by atoms with Gasteiger partial charge in [-0.3, -0.25) is 4.79 Å². The van der Waals surface area contributed by atoms with Gasteiger partial charge in [-0.2, -0.15) is 0 Å². The molecule has 0 aromatic rings. The smallest absolute Gasteiger partial charge is 0.218 e. The maximum absolute atomic E-state index is 10.2. The summed E-state index contributed by atoms with van der Waals surface area (Å²) in [5, 5.41) is 3.42. The van der Waals surface area contributed by atoms with Crippen molar-refractivity contribution in [3.8, 4) is 0 Å². The van der Waals surface area contributed by atoms with E-state index in [-0.39, 0.29) is 5.91 Å². The average molecular weight is 163 g/mol. The van der Waals surface area contributed by atoms with Crippen LogP contribution < -0.4 is 11.1 Å². The van der Waals surface area contributed by atoms with E-state index in [9.17, 15) is 4.79 Å². The van der Waals surface area contributed by atoms with Gasteiger partial charge in [-0.25, -0.2) is 0 Å². The van der Waals surface area contributed by atoms with E-state index in [1.807, 2.05) is 0 Å². The summed E-state index contributed by atoms with van der Waals surface area (Å²) in [4.78, 5) is 10.2. The van der Waals surface area contributed by atoms with Crippen LogP contribution in [0.25, 0.3) is 0 Å². The van der Waals surface area contributed by atoms with Crippen LogP contribution in [0.3, 0.4) is 0 Å². The third kappa shape index (κ3) is 7.46. The Morgan fingerprint density at radius 2 is 2.30 bits per heavy atom. The molecule has 0 saturated carbocycles. The van der Waals surface area contributed by atoms with Crippen molar-refractivity contribution in [3.63, 3.8) is 0 Å². The van der Waals surface area contributed by atoms with Gasteiger partial charge in [0.05, 0.1) is 0 Å². The molecule has 58 valence electrons. The summed E-state index contributed by atoms with van der Waals surface area (Å²) in [7, 11) is 0. The van der Waals surface area contributed by atoms with E-state index in [4.69, 9.17) is 17.3 Å². The zero-order valence-corrected chi connectivity index (χ0v) is 6.45. The molecule has 10 heavy (non-hydrogen) atoms. The Labute approximate surface area is 65.2 Å². The Kier molecular flexibility index (Phi) is 4.98. The summed E-state index contributed by atoms with van der Waals surface area (Å²) >= 11 is 5.42. The summed E-state index contributed by atoms with van der Waals surface area (Å²) in [6, 6.07) is 0. The molecule has 0 spiro atoms. The molecule has 0 saturated heterocycles. The third-order valence-electron chi connectivity index (χ3n) is 0.865. The summed E-state index contributed by atoms with van der Waals surface area (Å²) in [6.45, 7) is 4.54. The highest BCUT2D eigenvalue weighted by Gasteiger charge is 1.92. The van der Waals surface area contributed by atoms with Gasteiger partial charge in [-0.15, -0.1) is 0 Å². The molecular formula is C6H11ClN2O. The molecule has 0 unspecified atom stereocenters. The zero-order chi connectivity index (χ0) is 7.98. The van der Waals surface area contributed by atoms with Crippen molar-refractivity contribution in [3.05, 3.63) is 11.6 Å². The lowest BCUT2D eigenvalue weighted by Gasteiger charge is -1.98. The first-order chi connectivity index (χ1) is 4.63. The Balaban J connectivity index is 3.06. The topological polar surface area (TPSA) is 55.1 Å². The van der Waals surface area contributed by atoms with E-state index in [1.165, 1.54) is 0 Å². The lowest BCUT2D eigenvalue weighted by atomic mass is 10.4. The molecule has 0 aromatic carbocycles. The number of halogens is 1. The third-order valence-corrected chi connectivity index (χ3v) is 0.999. The Hall–Kier alpha value is -0.540. The van der Waals surface area contributed by atoms with Crippen LogP contribution in [0.1, 0.15) is 6.42 Å². The molecule has 0 aromatic heterocycles. The molecule has 3 nitrogen and oxygen atoms in total. The van der Waals surface area contributed by atoms with Crippen LogP contribution in [0.15, 0.2) is 11.6 Å². The van der Waals surface area contributed by atoms with E-state index in [0.717, 1.165) is 0 Å². The monoisotopic (exact) mass is 162 g/mol. The zero-order valence-electron chi connectivity index (χ0n) is 5.69. The highest BCUT2D eigenvalue weighted by atomic mass is 35.5. The summed E-state index contributed by atoms with van der Waals surface area (Å²) in [5.74, 6) is -0.312. The highest BCUT2D eigenvalue weighted by molar-refractivity contribution is 6.29.